The van der Waals surface area contributed by atoms with Crippen molar-refractivity contribution in [3.63, 3.8) is 0 Å². The van der Waals surface area contributed by atoms with E-state index in [4.69, 9.17) is 0 Å². The van der Waals surface area contributed by atoms with Gasteiger partial charge in [-0.2, -0.15) is 0 Å². The molecule has 0 aliphatic heterocycles. The van der Waals surface area contributed by atoms with Gasteiger partial charge in [-0.3, -0.25) is 0 Å². The van der Waals surface area contributed by atoms with E-state index in [0.29, 0.717) is 5.69 Å². The van der Waals surface area contributed by atoms with Crippen LogP contribution in [0.2, 0.25) is 0 Å². The second kappa shape index (κ2) is 6.11. The third-order valence-corrected chi connectivity index (χ3v) is 4.89. The summed E-state index contributed by atoms with van der Waals surface area (Å²) < 4.78 is 26.1. The van der Waals surface area contributed by atoms with Gasteiger partial charge in [0.25, 0.3) is 10.0 Å². The van der Waals surface area contributed by atoms with Crippen LogP contribution in [0.1, 0.15) is 16.8 Å². The first-order chi connectivity index (χ1) is 11.1. The summed E-state index contributed by atoms with van der Waals surface area (Å²) in [5.74, 6) is 5.82. The predicted octanol–water partition coefficient (Wildman–Crippen LogP) is 2.83. The van der Waals surface area contributed by atoms with Crippen molar-refractivity contribution in [1.82, 2.24) is 8.96 Å². The maximum Gasteiger partial charge on any atom is 0.268 e. The molecule has 0 saturated carbocycles. The van der Waals surface area contributed by atoms with Gasteiger partial charge < -0.3 is 0 Å². The molecule has 0 saturated heterocycles. The van der Waals surface area contributed by atoms with E-state index < -0.39 is 10.0 Å². The molecule has 2 aromatic carbocycles. The van der Waals surface area contributed by atoms with Crippen LogP contribution in [-0.4, -0.2) is 17.4 Å². The number of benzene rings is 2. The van der Waals surface area contributed by atoms with Crippen molar-refractivity contribution in [3.8, 4) is 11.8 Å². The number of hydrogen-bond acceptors (Lipinski definition) is 3. The molecule has 5 heteroatoms. The van der Waals surface area contributed by atoms with Crippen LogP contribution in [0.15, 0.2) is 72.0 Å². The van der Waals surface area contributed by atoms with Gasteiger partial charge in [0.05, 0.1) is 11.1 Å². The van der Waals surface area contributed by atoms with E-state index in [1.807, 2.05) is 37.3 Å². The molecule has 3 aromatic rings. The standard InChI is InChI=1S/C18H14N2O2S/c1-15-7-11-18(12-8-15)23(21,22)20-13-17(19-14-20)10-9-16-5-3-2-4-6-16/h2-8,11-14H,1H3. The third kappa shape index (κ3) is 3.33. The fourth-order valence-corrected chi connectivity index (χ4v) is 3.13. The van der Waals surface area contributed by atoms with E-state index in [0.717, 1.165) is 15.1 Å². The monoisotopic (exact) mass is 322 g/mol. The minimum atomic E-state index is -3.63. The highest BCUT2D eigenvalue weighted by molar-refractivity contribution is 7.90. The van der Waals surface area contributed by atoms with Crippen LogP contribution in [0.4, 0.5) is 0 Å². The van der Waals surface area contributed by atoms with Gasteiger partial charge in [0.1, 0.15) is 12.0 Å². The van der Waals surface area contributed by atoms with Crippen LogP contribution in [-0.2, 0) is 10.0 Å². The van der Waals surface area contributed by atoms with Crippen LogP contribution in [0.25, 0.3) is 0 Å². The quantitative estimate of drug-likeness (QED) is 0.682. The van der Waals surface area contributed by atoms with Crippen LogP contribution in [0, 0.1) is 18.8 Å². The topological polar surface area (TPSA) is 52.0 Å². The lowest BCUT2D eigenvalue weighted by Crippen LogP contribution is -2.10. The Balaban J connectivity index is 1.90. The summed E-state index contributed by atoms with van der Waals surface area (Å²) in [4.78, 5) is 4.28. The molecule has 0 radical (unpaired) electrons. The second-order valence-electron chi connectivity index (χ2n) is 5.02. The molecule has 1 aromatic heterocycles. The number of nitrogens with zero attached hydrogens (tertiary/aromatic N) is 2. The zero-order chi connectivity index (χ0) is 16.3. The summed E-state index contributed by atoms with van der Waals surface area (Å²) in [7, 11) is -3.63. The Morgan fingerprint density at radius 1 is 0.957 bits per heavy atom. The normalized spacial score (nSPS) is 10.8. The first-order valence-corrected chi connectivity index (χ1v) is 8.43. The van der Waals surface area contributed by atoms with E-state index in [2.05, 4.69) is 16.8 Å². The van der Waals surface area contributed by atoms with E-state index >= 15 is 0 Å². The lowest BCUT2D eigenvalue weighted by molar-refractivity contribution is 0.587. The molecule has 0 N–H and O–H groups in total. The summed E-state index contributed by atoms with van der Waals surface area (Å²) in [5.41, 5.74) is 2.26. The molecule has 0 fully saturated rings. The Bertz CT molecular complexity index is 977. The Morgan fingerprint density at radius 2 is 1.65 bits per heavy atom. The summed E-state index contributed by atoms with van der Waals surface area (Å²) in [5, 5.41) is 0. The molecule has 0 spiro atoms. The fraction of sp³-hybridized carbons (Fsp3) is 0.0556. The van der Waals surface area contributed by atoms with E-state index in [-0.39, 0.29) is 4.90 Å². The molecular weight excluding hydrogens is 308 g/mol. The van der Waals surface area contributed by atoms with Gasteiger partial charge in [0.2, 0.25) is 0 Å². The lowest BCUT2D eigenvalue weighted by Gasteiger charge is -2.04. The molecule has 0 amide bonds. The molecule has 0 aliphatic carbocycles. The largest absolute Gasteiger partial charge is 0.268 e. The molecule has 114 valence electrons. The van der Waals surface area contributed by atoms with Gasteiger partial charge in [-0.15, -0.1) is 0 Å². The summed E-state index contributed by atoms with van der Waals surface area (Å²) in [6.45, 7) is 1.91. The molecule has 0 bridgehead atoms. The van der Waals surface area contributed by atoms with Crippen LogP contribution < -0.4 is 0 Å². The zero-order valence-corrected chi connectivity index (χ0v) is 13.3. The van der Waals surface area contributed by atoms with E-state index in [9.17, 15) is 8.42 Å². The summed E-state index contributed by atoms with van der Waals surface area (Å²) >= 11 is 0. The first kappa shape index (κ1) is 15.1. The van der Waals surface area contributed by atoms with Crippen LogP contribution in [0.5, 0.6) is 0 Å². The lowest BCUT2D eigenvalue weighted by atomic mass is 10.2. The van der Waals surface area contributed by atoms with Crippen molar-refractivity contribution < 1.29 is 8.42 Å². The Morgan fingerprint density at radius 3 is 2.35 bits per heavy atom. The van der Waals surface area contributed by atoms with Gasteiger partial charge >= 0.3 is 0 Å². The van der Waals surface area contributed by atoms with Crippen LogP contribution in [0.3, 0.4) is 0 Å². The zero-order valence-electron chi connectivity index (χ0n) is 12.5. The van der Waals surface area contributed by atoms with Gasteiger partial charge in [-0.1, -0.05) is 41.8 Å². The smallest absolute Gasteiger partial charge is 0.229 e. The van der Waals surface area contributed by atoms with E-state index in [1.165, 1.54) is 12.5 Å². The third-order valence-electron chi connectivity index (χ3n) is 3.27. The van der Waals surface area contributed by atoms with Crippen molar-refractivity contribution in [2.45, 2.75) is 11.8 Å². The maximum absolute atomic E-state index is 12.5. The molecule has 1 heterocycles. The molecule has 3 rings (SSSR count). The fourth-order valence-electron chi connectivity index (χ4n) is 1.99. The van der Waals surface area contributed by atoms with Crippen molar-refractivity contribution >= 4 is 10.0 Å². The Hall–Kier alpha value is -2.84. The van der Waals surface area contributed by atoms with Crippen LogP contribution >= 0.6 is 0 Å². The number of imidazole rings is 1. The van der Waals surface area contributed by atoms with Gasteiger partial charge in [-0.05, 0) is 37.1 Å². The Labute approximate surface area is 135 Å². The highest BCUT2D eigenvalue weighted by Gasteiger charge is 2.16. The maximum atomic E-state index is 12.5. The molecular formula is C18H14N2O2S. The first-order valence-electron chi connectivity index (χ1n) is 6.99. The van der Waals surface area contributed by atoms with Gasteiger partial charge in [-0.25, -0.2) is 17.4 Å². The number of aryl methyl sites for hydroxylation is 1. The Kier molecular flexibility index (Phi) is 4.00. The highest BCUT2D eigenvalue weighted by Crippen LogP contribution is 2.14. The minimum Gasteiger partial charge on any atom is -0.229 e. The minimum absolute atomic E-state index is 0.225. The second-order valence-corrected chi connectivity index (χ2v) is 6.87. The molecule has 0 unspecified atom stereocenters. The number of hydrogen-bond donors (Lipinski definition) is 0. The van der Waals surface area contributed by atoms with Gasteiger partial charge in [0, 0.05) is 5.56 Å². The predicted molar refractivity (Wildman–Crippen MR) is 88.4 cm³/mol. The van der Waals surface area contributed by atoms with Gasteiger partial charge in [0.15, 0.2) is 0 Å². The van der Waals surface area contributed by atoms with Crippen molar-refractivity contribution in [1.29, 1.82) is 0 Å². The SMILES string of the molecule is Cc1ccc(S(=O)(=O)n2cnc(C#Cc3ccccc3)c2)cc1. The van der Waals surface area contributed by atoms with Crippen molar-refractivity contribution in [2.75, 3.05) is 0 Å². The number of rotatable bonds is 2. The van der Waals surface area contributed by atoms with E-state index in [1.54, 1.807) is 24.3 Å². The molecule has 0 aliphatic rings. The summed E-state index contributed by atoms with van der Waals surface area (Å²) in [6.07, 6.45) is 2.69. The summed E-state index contributed by atoms with van der Waals surface area (Å²) in [6, 6.07) is 16.2. The highest BCUT2D eigenvalue weighted by atomic mass is 32.2. The molecule has 0 atom stereocenters. The van der Waals surface area contributed by atoms with Crippen molar-refractivity contribution in [3.05, 3.63) is 83.9 Å². The average Bonchev–Trinajstić information content (AvgIpc) is 3.04. The average molecular weight is 322 g/mol. The van der Waals surface area contributed by atoms with Crippen molar-refractivity contribution in [2.24, 2.45) is 0 Å². The number of aromatic nitrogens is 2. The molecule has 4 nitrogen and oxygen atoms in total. The molecule has 23 heavy (non-hydrogen) atoms.